The topological polar surface area (TPSA) is 86.1 Å². The van der Waals surface area contributed by atoms with E-state index in [-0.39, 0.29) is 18.4 Å². The van der Waals surface area contributed by atoms with Crippen LogP contribution in [0.15, 0.2) is 36.4 Å². The third-order valence-electron chi connectivity index (χ3n) is 3.74. The fourth-order valence-electron chi connectivity index (χ4n) is 2.62. The molecule has 0 aliphatic heterocycles. The third kappa shape index (κ3) is 4.40. The standard InChI is InChI=1S/C19H20N4O3S/c1-4-26-19(25)17-12(2)10-16(27-17)21-15(24)11-23-18(20-13(3)22-23)14-8-6-5-7-9-14/h5-10H,4,11H2,1-3H3,(H,21,24). The van der Waals surface area contributed by atoms with Gasteiger partial charge in [0.2, 0.25) is 5.91 Å². The number of carbonyl (C=O) groups excluding carboxylic acids is 2. The molecule has 0 saturated carbocycles. The van der Waals surface area contributed by atoms with Gasteiger partial charge in [-0.25, -0.2) is 14.5 Å². The second-order valence-corrected chi connectivity index (χ2v) is 6.95. The van der Waals surface area contributed by atoms with E-state index in [1.807, 2.05) is 37.3 Å². The summed E-state index contributed by atoms with van der Waals surface area (Å²) in [4.78, 5) is 29.3. The summed E-state index contributed by atoms with van der Waals surface area (Å²) in [6, 6.07) is 11.4. The number of anilines is 1. The number of hydrogen-bond donors (Lipinski definition) is 1. The van der Waals surface area contributed by atoms with Crippen LogP contribution in [0.3, 0.4) is 0 Å². The molecule has 0 saturated heterocycles. The number of aryl methyl sites for hydroxylation is 2. The van der Waals surface area contributed by atoms with Crippen molar-refractivity contribution in [2.24, 2.45) is 0 Å². The van der Waals surface area contributed by atoms with E-state index in [9.17, 15) is 9.59 Å². The van der Waals surface area contributed by atoms with Gasteiger partial charge in [0.05, 0.1) is 11.6 Å². The molecule has 0 atom stereocenters. The highest BCUT2D eigenvalue weighted by atomic mass is 32.1. The number of thiophene rings is 1. The van der Waals surface area contributed by atoms with E-state index >= 15 is 0 Å². The maximum absolute atomic E-state index is 12.5. The lowest BCUT2D eigenvalue weighted by Gasteiger charge is -2.06. The van der Waals surface area contributed by atoms with Crippen LogP contribution in [0.25, 0.3) is 11.4 Å². The lowest BCUT2D eigenvalue weighted by atomic mass is 10.2. The Balaban J connectivity index is 1.74. The number of nitrogens with zero attached hydrogens (tertiary/aromatic N) is 3. The van der Waals surface area contributed by atoms with E-state index in [1.54, 1.807) is 24.6 Å². The number of esters is 1. The van der Waals surface area contributed by atoms with Gasteiger partial charge in [0.1, 0.15) is 17.2 Å². The lowest BCUT2D eigenvalue weighted by molar-refractivity contribution is -0.116. The highest BCUT2D eigenvalue weighted by Gasteiger charge is 2.17. The molecule has 2 heterocycles. The van der Waals surface area contributed by atoms with E-state index < -0.39 is 0 Å². The first-order chi connectivity index (χ1) is 13.0. The van der Waals surface area contributed by atoms with Gasteiger partial charge in [0.15, 0.2) is 5.82 Å². The molecular formula is C19H20N4O3S. The van der Waals surface area contributed by atoms with Crippen LogP contribution in [0.1, 0.15) is 28.0 Å². The third-order valence-corrected chi connectivity index (χ3v) is 4.88. The van der Waals surface area contributed by atoms with Crippen LogP contribution < -0.4 is 5.32 Å². The number of hydrogen-bond acceptors (Lipinski definition) is 6. The van der Waals surface area contributed by atoms with Crippen molar-refractivity contribution in [1.29, 1.82) is 0 Å². The quantitative estimate of drug-likeness (QED) is 0.658. The van der Waals surface area contributed by atoms with E-state index in [1.165, 1.54) is 11.3 Å². The predicted octanol–water partition coefficient (Wildman–Crippen LogP) is 3.44. The molecule has 2 aromatic heterocycles. The van der Waals surface area contributed by atoms with Crippen molar-refractivity contribution in [2.45, 2.75) is 27.3 Å². The minimum atomic E-state index is -0.376. The number of aromatic nitrogens is 3. The smallest absolute Gasteiger partial charge is 0.348 e. The van der Waals surface area contributed by atoms with E-state index in [0.29, 0.717) is 28.1 Å². The molecule has 3 aromatic rings. The van der Waals surface area contributed by atoms with Crippen LogP contribution >= 0.6 is 11.3 Å². The largest absolute Gasteiger partial charge is 0.462 e. The molecule has 0 aliphatic carbocycles. The Morgan fingerprint density at radius 2 is 1.96 bits per heavy atom. The Morgan fingerprint density at radius 3 is 2.67 bits per heavy atom. The summed E-state index contributed by atoms with van der Waals surface area (Å²) in [5, 5.41) is 7.73. The van der Waals surface area contributed by atoms with Crippen molar-refractivity contribution in [1.82, 2.24) is 14.8 Å². The van der Waals surface area contributed by atoms with E-state index in [2.05, 4.69) is 15.4 Å². The number of nitrogens with one attached hydrogen (secondary N) is 1. The summed E-state index contributed by atoms with van der Waals surface area (Å²) in [5.74, 6) is 0.614. The monoisotopic (exact) mass is 384 g/mol. The van der Waals surface area contributed by atoms with E-state index in [0.717, 1.165) is 11.1 Å². The zero-order valence-electron chi connectivity index (χ0n) is 15.4. The first-order valence-electron chi connectivity index (χ1n) is 8.52. The highest BCUT2D eigenvalue weighted by molar-refractivity contribution is 7.18. The summed E-state index contributed by atoms with van der Waals surface area (Å²) < 4.78 is 6.60. The van der Waals surface area contributed by atoms with Gasteiger partial charge in [-0.15, -0.1) is 11.3 Å². The summed E-state index contributed by atoms with van der Waals surface area (Å²) in [5.41, 5.74) is 1.66. The van der Waals surface area contributed by atoms with Crippen molar-refractivity contribution >= 4 is 28.2 Å². The van der Waals surface area contributed by atoms with E-state index in [4.69, 9.17) is 4.74 Å². The van der Waals surface area contributed by atoms with Crippen molar-refractivity contribution in [3.05, 3.63) is 52.7 Å². The number of rotatable bonds is 6. The maximum Gasteiger partial charge on any atom is 0.348 e. The normalized spacial score (nSPS) is 10.6. The van der Waals surface area contributed by atoms with Gasteiger partial charge in [0.25, 0.3) is 0 Å². The number of ether oxygens (including phenoxy) is 1. The summed E-state index contributed by atoms with van der Waals surface area (Å²) in [6.45, 7) is 5.69. The van der Waals surface area contributed by atoms with Crippen LogP contribution in [-0.2, 0) is 16.1 Å². The highest BCUT2D eigenvalue weighted by Crippen LogP contribution is 2.27. The Morgan fingerprint density at radius 1 is 1.22 bits per heavy atom. The fraction of sp³-hybridized carbons (Fsp3) is 0.263. The molecule has 0 spiro atoms. The first kappa shape index (κ1) is 18.8. The summed E-state index contributed by atoms with van der Waals surface area (Å²) >= 11 is 1.20. The molecule has 1 aromatic carbocycles. The fourth-order valence-corrected chi connectivity index (χ4v) is 3.61. The van der Waals surface area contributed by atoms with Crippen LogP contribution in [0, 0.1) is 13.8 Å². The molecule has 1 amide bonds. The van der Waals surface area contributed by atoms with Gasteiger partial charge < -0.3 is 10.1 Å². The number of amides is 1. The zero-order valence-corrected chi connectivity index (χ0v) is 16.2. The zero-order chi connectivity index (χ0) is 19.4. The summed E-state index contributed by atoms with van der Waals surface area (Å²) in [7, 11) is 0. The van der Waals surface area contributed by atoms with Gasteiger partial charge in [0, 0.05) is 5.56 Å². The average molecular weight is 384 g/mol. The first-order valence-corrected chi connectivity index (χ1v) is 9.34. The molecule has 0 unspecified atom stereocenters. The molecule has 27 heavy (non-hydrogen) atoms. The SMILES string of the molecule is CCOC(=O)c1sc(NC(=O)Cn2nc(C)nc2-c2ccccc2)cc1C. The second-order valence-electron chi connectivity index (χ2n) is 5.90. The Labute approximate surface area is 161 Å². The molecular weight excluding hydrogens is 364 g/mol. The molecule has 3 rings (SSSR count). The van der Waals surface area contributed by atoms with Gasteiger partial charge in [-0.05, 0) is 32.4 Å². The van der Waals surface area contributed by atoms with Gasteiger partial charge in [-0.1, -0.05) is 30.3 Å². The van der Waals surface area contributed by atoms with Crippen LogP contribution in [0.4, 0.5) is 5.00 Å². The summed E-state index contributed by atoms with van der Waals surface area (Å²) in [6.07, 6.45) is 0. The van der Waals surface area contributed by atoms with Gasteiger partial charge >= 0.3 is 5.97 Å². The second kappa shape index (κ2) is 8.13. The van der Waals surface area contributed by atoms with Crippen molar-refractivity contribution in [3.8, 4) is 11.4 Å². The Hall–Kier alpha value is -3.00. The molecule has 8 heteroatoms. The van der Waals surface area contributed by atoms with Gasteiger partial charge in [-0.3, -0.25) is 4.79 Å². The van der Waals surface area contributed by atoms with Crippen molar-refractivity contribution in [2.75, 3.05) is 11.9 Å². The number of carbonyl (C=O) groups is 2. The molecule has 140 valence electrons. The Kier molecular flexibility index (Phi) is 5.66. The minimum absolute atomic E-state index is 0.0246. The molecule has 0 radical (unpaired) electrons. The van der Waals surface area contributed by atoms with Crippen LogP contribution in [0.5, 0.6) is 0 Å². The molecule has 0 fully saturated rings. The molecule has 0 bridgehead atoms. The van der Waals surface area contributed by atoms with Gasteiger partial charge in [-0.2, -0.15) is 5.10 Å². The minimum Gasteiger partial charge on any atom is -0.462 e. The predicted molar refractivity (Wildman–Crippen MR) is 104 cm³/mol. The molecule has 7 nitrogen and oxygen atoms in total. The number of benzene rings is 1. The average Bonchev–Trinajstić information content (AvgIpc) is 3.18. The van der Waals surface area contributed by atoms with Crippen molar-refractivity contribution < 1.29 is 14.3 Å². The molecule has 1 N–H and O–H groups in total. The lowest BCUT2D eigenvalue weighted by Crippen LogP contribution is -2.19. The molecule has 0 aliphatic rings. The van der Waals surface area contributed by atoms with Crippen molar-refractivity contribution in [3.63, 3.8) is 0 Å². The van der Waals surface area contributed by atoms with Crippen LogP contribution in [0.2, 0.25) is 0 Å². The maximum atomic E-state index is 12.5. The van der Waals surface area contributed by atoms with Crippen LogP contribution in [-0.4, -0.2) is 33.2 Å². The Bertz CT molecular complexity index is 963.